The number of carboxylic acids is 1. The molecule has 0 saturated carbocycles. The van der Waals surface area contributed by atoms with Gasteiger partial charge in [0.05, 0.1) is 74.3 Å². The molecular formula is C82H140N6O23. The van der Waals surface area contributed by atoms with E-state index in [4.69, 9.17) is 15.2 Å². The van der Waals surface area contributed by atoms with Crippen LogP contribution in [0.2, 0.25) is 0 Å². The van der Waals surface area contributed by atoms with Gasteiger partial charge in [0.25, 0.3) is 23.6 Å². The largest absolute Gasteiger partial charge is 0.481 e. The van der Waals surface area contributed by atoms with E-state index in [-0.39, 0.29) is 182 Å². The fourth-order valence-electron chi connectivity index (χ4n) is 13.7. The number of ketones is 6. The van der Waals surface area contributed by atoms with Gasteiger partial charge in [-0.05, 0) is 122 Å². The third kappa shape index (κ3) is 41.5. The molecule has 0 spiro atoms. The van der Waals surface area contributed by atoms with Gasteiger partial charge in [0.15, 0.2) is 23.1 Å². The van der Waals surface area contributed by atoms with Crippen LogP contribution in [0.15, 0.2) is 0 Å². The lowest BCUT2D eigenvalue weighted by molar-refractivity contribution is -0.199. The van der Waals surface area contributed by atoms with Crippen LogP contribution in [0.4, 0.5) is 0 Å². The van der Waals surface area contributed by atoms with Gasteiger partial charge in [-0.3, -0.25) is 77.1 Å². The average Bonchev–Trinajstić information content (AvgIpc) is 1.84. The second-order valence-corrected chi connectivity index (χ2v) is 34.8. The number of nitrogens with one attached hydrogen (secondary N) is 4. The number of carboxylic acid groups (broad SMARTS) is 1. The van der Waals surface area contributed by atoms with Gasteiger partial charge >= 0.3 is 11.9 Å². The van der Waals surface area contributed by atoms with Gasteiger partial charge in [0.1, 0.15) is 11.6 Å². The molecule has 111 heavy (non-hydrogen) atoms. The van der Waals surface area contributed by atoms with Gasteiger partial charge < -0.3 is 51.6 Å². The molecule has 0 aromatic rings. The average molecular weight is 1580 g/mol. The molecule has 0 aliphatic carbocycles. The summed E-state index contributed by atoms with van der Waals surface area (Å²) in [6.07, 6.45) is -4.40. The maximum Gasteiger partial charge on any atom is 0.335 e. The molecular weight excluding hydrogens is 1440 g/mol. The van der Waals surface area contributed by atoms with Gasteiger partial charge in [0, 0.05) is 88.9 Å². The van der Waals surface area contributed by atoms with Crippen LogP contribution >= 0.6 is 0 Å². The first-order valence-corrected chi connectivity index (χ1v) is 40.1. The van der Waals surface area contributed by atoms with Crippen LogP contribution in [0, 0.1) is 94.7 Å². The summed E-state index contributed by atoms with van der Waals surface area (Å²) in [5.74, 6) is -11.4. The van der Waals surface area contributed by atoms with Gasteiger partial charge in [-0.15, -0.1) is 5.06 Å². The Morgan fingerprint density at radius 1 is 0.342 bits per heavy atom. The van der Waals surface area contributed by atoms with Crippen LogP contribution in [0.5, 0.6) is 0 Å². The molecule has 29 heteroatoms. The van der Waals surface area contributed by atoms with Crippen molar-refractivity contribution in [1.29, 1.82) is 0 Å². The van der Waals surface area contributed by atoms with Crippen molar-refractivity contribution in [2.24, 2.45) is 94.7 Å². The Morgan fingerprint density at radius 3 is 0.874 bits per heavy atom. The number of nitrogens with zero attached hydrogens (tertiary/aromatic N) is 2. The number of aliphatic carboxylic acids is 1. The molecule has 14 atom stereocenters. The van der Waals surface area contributed by atoms with Crippen molar-refractivity contribution in [1.82, 2.24) is 31.4 Å². The normalized spacial score (nSPS) is 17.1. The number of rotatable bonds is 51. The Kier molecular flexibility index (Phi) is 48.3. The number of hydroxylamine groups is 4. The predicted molar refractivity (Wildman–Crippen MR) is 414 cm³/mol. The molecule has 2 saturated heterocycles. The van der Waals surface area contributed by atoms with Crippen molar-refractivity contribution in [3.05, 3.63) is 0 Å². The zero-order chi connectivity index (χ0) is 85.9. The molecule has 2 aliphatic rings. The molecule has 636 valence electrons. The van der Waals surface area contributed by atoms with Crippen molar-refractivity contribution >= 4 is 93.9 Å². The minimum Gasteiger partial charge on any atom is -0.481 e. The highest BCUT2D eigenvalue weighted by molar-refractivity contribution is 6.02. The molecule has 0 radical (unpaired) electrons. The fourth-order valence-corrected chi connectivity index (χ4v) is 13.7. The summed E-state index contributed by atoms with van der Waals surface area (Å²) < 4.78 is 0. The summed E-state index contributed by atoms with van der Waals surface area (Å²) in [7, 11) is 0. The van der Waals surface area contributed by atoms with Gasteiger partial charge in [0.2, 0.25) is 23.6 Å². The highest BCUT2D eigenvalue weighted by atomic mass is 16.7. The van der Waals surface area contributed by atoms with E-state index >= 15 is 0 Å². The zero-order valence-electron chi connectivity index (χ0n) is 70.5. The molecule has 0 aromatic heterocycles. The third-order valence-electron chi connectivity index (χ3n) is 19.7. The molecule has 10 N–H and O–H groups in total. The lowest BCUT2D eigenvalue weighted by Crippen LogP contribution is -2.49. The number of aliphatic hydroxyl groups excluding tert-OH is 4. The van der Waals surface area contributed by atoms with Crippen molar-refractivity contribution in [2.75, 3.05) is 0 Å². The number of imide groups is 2. The summed E-state index contributed by atoms with van der Waals surface area (Å²) in [5, 5.41) is 72.7. The van der Waals surface area contributed by atoms with Crippen molar-refractivity contribution in [3.8, 4) is 0 Å². The second kappa shape index (κ2) is 51.6. The van der Waals surface area contributed by atoms with Crippen molar-refractivity contribution in [3.63, 3.8) is 0 Å². The monoisotopic (exact) mass is 1580 g/mol. The number of Topliss-reactive ketones (excluding diaryl/α,β-unsaturated/α-hetero) is 6. The molecule has 2 aliphatic heterocycles. The van der Waals surface area contributed by atoms with E-state index < -0.39 is 150 Å². The minimum atomic E-state index is -1.33. The summed E-state index contributed by atoms with van der Waals surface area (Å²) in [5.41, 5.74) is 0. The fraction of sp³-hybridized carbons (Fsp3) is 0.805. The molecule has 8 amide bonds. The molecule has 0 unspecified atom stereocenters. The highest BCUT2D eigenvalue weighted by Crippen LogP contribution is 2.30. The van der Waals surface area contributed by atoms with Crippen LogP contribution in [0.1, 0.15) is 281 Å². The van der Waals surface area contributed by atoms with Crippen molar-refractivity contribution < 1.29 is 112 Å². The maximum absolute atomic E-state index is 13.7. The molecule has 0 aromatic carbocycles. The number of aliphatic hydroxyl groups is 4. The molecule has 2 rings (SSSR count). The van der Waals surface area contributed by atoms with Crippen LogP contribution in [-0.4, -0.2) is 183 Å². The van der Waals surface area contributed by atoms with Crippen LogP contribution in [-0.2, 0) is 81.6 Å². The lowest BCUT2D eigenvalue weighted by Gasteiger charge is -2.29. The van der Waals surface area contributed by atoms with E-state index in [9.17, 15) is 97.1 Å². The smallest absolute Gasteiger partial charge is 0.335 e. The van der Waals surface area contributed by atoms with E-state index in [0.717, 1.165) is 0 Å². The third-order valence-corrected chi connectivity index (χ3v) is 19.7. The van der Waals surface area contributed by atoms with E-state index in [1.165, 1.54) is 13.8 Å². The first-order valence-electron chi connectivity index (χ1n) is 40.1. The van der Waals surface area contributed by atoms with E-state index in [0.29, 0.717) is 43.6 Å². The van der Waals surface area contributed by atoms with E-state index in [2.05, 4.69) is 21.3 Å². The number of carbonyl (C=O) groups is 16. The van der Waals surface area contributed by atoms with E-state index in [1.807, 2.05) is 138 Å². The summed E-state index contributed by atoms with van der Waals surface area (Å²) in [4.78, 5) is 204. The summed E-state index contributed by atoms with van der Waals surface area (Å²) in [6, 6.07) is -3.62. The Morgan fingerprint density at radius 2 is 0.622 bits per heavy atom. The number of carbonyl (C=O) groups excluding carboxylic acids is 15. The minimum absolute atomic E-state index is 0.00633. The number of hydrogen-bond donors (Lipinski definition) is 10. The maximum atomic E-state index is 13.7. The quantitative estimate of drug-likeness (QED) is 0.0201. The standard InChI is InChI=1S/C41H69N3O11.C37H66N2O9.C4H5NO3/c1-22(2)14-28(34(48)21-39(53)55-44-37(51)12-13-38(44)52)17-32(46)27(11)42-36(50)20-33(47)29(15-23(3)4)18-35(49)40(26(9)10)43-41(54)31(25(7)8)19-30(45)16-24(5)6;1-20(2)12-26(32(43)19-35(46)47)15-30(41)25(11)38-34(45)18-31(42)27(13-21(3)4)16-33(44)36(24(9)10)39-37(48)29(23(7)8)17-28(40)14-22(5)6;6-3-1-2-4(7)5(3)8/h22-29,31,33-34,40,47-48H,12-21H2,1-11H3,(H,42,50)(H,43,54);20-27,29,31-32,36,42-43H,12-19H2,1-11H3,(H,38,45)(H,39,48)(H,46,47);8H,1-2H2/t27-,28+,29+,31-,33-,34-,40-;25-,26+,27+,29-,31-,32-,36-;/m00./s1. The van der Waals surface area contributed by atoms with Gasteiger partial charge in [-0.25, -0.2) is 4.79 Å². The van der Waals surface area contributed by atoms with Crippen LogP contribution < -0.4 is 21.3 Å². The van der Waals surface area contributed by atoms with Crippen LogP contribution in [0.25, 0.3) is 0 Å². The second-order valence-electron chi connectivity index (χ2n) is 34.8. The van der Waals surface area contributed by atoms with E-state index in [1.54, 1.807) is 0 Å². The molecule has 2 heterocycles. The molecule has 29 nitrogen and oxygen atoms in total. The Hall–Kier alpha value is -7.08. The number of amides is 8. The van der Waals surface area contributed by atoms with Gasteiger partial charge in [-0.1, -0.05) is 138 Å². The predicted octanol–water partition coefficient (Wildman–Crippen LogP) is 8.53. The lowest BCUT2D eigenvalue weighted by atomic mass is 9.83. The van der Waals surface area contributed by atoms with Crippen molar-refractivity contribution in [2.45, 2.75) is 329 Å². The van der Waals surface area contributed by atoms with Gasteiger partial charge in [-0.2, -0.15) is 5.06 Å². The summed E-state index contributed by atoms with van der Waals surface area (Å²) >= 11 is 0. The summed E-state index contributed by atoms with van der Waals surface area (Å²) in [6.45, 7) is 40.9. The van der Waals surface area contributed by atoms with Crippen LogP contribution in [0.3, 0.4) is 0 Å². The highest BCUT2D eigenvalue weighted by Gasteiger charge is 2.39. The number of hydrogen-bond acceptors (Lipinski definition) is 22. The first-order chi connectivity index (χ1) is 51.2. The first kappa shape index (κ1) is 104. The Bertz CT molecular complexity index is 3040. The molecule has 2 fully saturated rings. The molecule has 0 bridgehead atoms. The Labute approximate surface area is 658 Å². The Balaban J connectivity index is 0.00000199. The SMILES string of the molecule is CC(C)CC(=O)C[C@H](C(=O)N[C@H](C(=O)C[C@@H](CC(C)C)[C@@H](O)CC(=O)N[C@@H](C)C(=O)C[C@@H](CC(C)C)[C@@H](O)CC(=O)O)C(C)C)C(C)C.CC(C)CC(=O)C[C@H](C(=O)N[C@H](C(=O)C[C@@H](CC(C)C)[C@@H](O)CC(=O)N[C@@H](C)C(=O)C[C@@H](CC(C)C)[C@@H](O)CC(=O)ON1C(=O)CCC1=O)C(C)C)C(C)C.O=C1CCC(=O)N1O. The zero-order valence-corrected chi connectivity index (χ0v) is 70.5. The topological polar surface area (TPSA) is 458 Å².